The third kappa shape index (κ3) is 4.47. The molecule has 3 rings (SSSR count). The Balaban J connectivity index is 1.56. The summed E-state index contributed by atoms with van der Waals surface area (Å²) in [5, 5.41) is 2.85. The second-order valence-corrected chi connectivity index (χ2v) is 5.76. The standard InChI is InChI=1S/C20H21N3O2/c1-3-25-18-8-5-16(6-9-18)7-11-20(24)21-12-17-14-23-13-15(2)4-10-19(23)22-17/h4-11,13-14H,3,12H2,1-2H3,(H,21,24)/b11-7+. The highest BCUT2D eigenvalue weighted by atomic mass is 16.5. The maximum atomic E-state index is 12.0. The molecule has 0 aliphatic rings. The summed E-state index contributed by atoms with van der Waals surface area (Å²) < 4.78 is 7.36. The molecule has 0 bridgehead atoms. The highest BCUT2D eigenvalue weighted by molar-refractivity contribution is 5.91. The molecule has 25 heavy (non-hydrogen) atoms. The number of amides is 1. The number of rotatable bonds is 6. The minimum Gasteiger partial charge on any atom is -0.494 e. The molecule has 5 heteroatoms. The van der Waals surface area contributed by atoms with E-state index in [9.17, 15) is 4.79 Å². The largest absolute Gasteiger partial charge is 0.494 e. The van der Waals surface area contributed by atoms with E-state index in [0.717, 1.165) is 22.7 Å². The van der Waals surface area contributed by atoms with Crippen LogP contribution >= 0.6 is 0 Å². The number of fused-ring (bicyclic) bond motifs is 1. The molecule has 0 spiro atoms. The number of ether oxygens (including phenoxy) is 1. The zero-order chi connectivity index (χ0) is 17.6. The van der Waals surface area contributed by atoms with Crippen molar-refractivity contribution in [3.8, 4) is 5.75 Å². The van der Waals surface area contributed by atoms with Gasteiger partial charge in [-0.1, -0.05) is 18.2 Å². The Hall–Kier alpha value is -3.08. The van der Waals surface area contributed by atoms with E-state index in [4.69, 9.17) is 4.74 Å². The Labute approximate surface area is 147 Å². The molecule has 1 N–H and O–H groups in total. The first-order chi connectivity index (χ1) is 12.1. The molecule has 0 aliphatic carbocycles. The van der Waals surface area contributed by atoms with Gasteiger partial charge in [-0.15, -0.1) is 0 Å². The average molecular weight is 335 g/mol. The molecule has 0 saturated carbocycles. The topological polar surface area (TPSA) is 55.6 Å². The maximum Gasteiger partial charge on any atom is 0.244 e. The van der Waals surface area contributed by atoms with Crippen LogP contribution in [0.4, 0.5) is 0 Å². The minimum absolute atomic E-state index is 0.151. The number of benzene rings is 1. The van der Waals surface area contributed by atoms with Crippen LogP contribution in [0.2, 0.25) is 0 Å². The molecule has 0 fully saturated rings. The molecule has 2 heterocycles. The number of aryl methyl sites for hydroxylation is 1. The zero-order valence-corrected chi connectivity index (χ0v) is 14.4. The molecule has 3 aromatic rings. The molecule has 0 unspecified atom stereocenters. The molecule has 5 nitrogen and oxygen atoms in total. The van der Waals surface area contributed by atoms with Crippen LogP contribution in [0.15, 0.2) is 54.9 Å². The van der Waals surface area contributed by atoms with Crippen molar-refractivity contribution in [3.63, 3.8) is 0 Å². The molecular weight excluding hydrogens is 314 g/mol. The molecule has 1 amide bonds. The van der Waals surface area contributed by atoms with Crippen LogP contribution in [0.5, 0.6) is 5.75 Å². The quantitative estimate of drug-likeness (QED) is 0.703. The predicted octanol–water partition coefficient (Wildman–Crippen LogP) is 3.37. The monoisotopic (exact) mass is 335 g/mol. The second kappa shape index (κ2) is 7.66. The summed E-state index contributed by atoms with van der Waals surface area (Å²) in [6, 6.07) is 11.6. The Morgan fingerprint density at radius 3 is 2.76 bits per heavy atom. The van der Waals surface area contributed by atoms with E-state index in [2.05, 4.69) is 10.3 Å². The number of carbonyl (C=O) groups excluding carboxylic acids is 1. The summed E-state index contributed by atoms with van der Waals surface area (Å²) in [5.74, 6) is 0.674. The van der Waals surface area contributed by atoms with E-state index < -0.39 is 0 Å². The summed E-state index contributed by atoms with van der Waals surface area (Å²) in [4.78, 5) is 16.5. The maximum absolute atomic E-state index is 12.0. The van der Waals surface area contributed by atoms with Crippen molar-refractivity contribution < 1.29 is 9.53 Å². The fourth-order valence-corrected chi connectivity index (χ4v) is 2.49. The van der Waals surface area contributed by atoms with Crippen LogP contribution in [0.1, 0.15) is 23.7 Å². The third-order valence-corrected chi connectivity index (χ3v) is 3.71. The number of nitrogens with zero attached hydrogens (tertiary/aromatic N) is 2. The van der Waals surface area contributed by atoms with Gasteiger partial charge in [-0.05, 0) is 49.2 Å². The highest BCUT2D eigenvalue weighted by Crippen LogP contribution is 2.13. The number of aromatic nitrogens is 2. The van der Waals surface area contributed by atoms with E-state index in [1.807, 2.05) is 67.0 Å². The number of carbonyl (C=O) groups is 1. The third-order valence-electron chi connectivity index (χ3n) is 3.71. The van der Waals surface area contributed by atoms with E-state index in [1.54, 1.807) is 6.08 Å². The number of hydrogen-bond acceptors (Lipinski definition) is 3. The van der Waals surface area contributed by atoms with Gasteiger partial charge in [0, 0.05) is 18.5 Å². The predicted molar refractivity (Wildman–Crippen MR) is 98.4 cm³/mol. The van der Waals surface area contributed by atoms with Gasteiger partial charge < -0.3 is 14.5 Å². The van der Waals surface area contributed by atoms with Crippen LogP contribution in [0.25, 0.3) is 11.7 Å². The van der Waals surface area contributed by atoms with Crippen molar-refractivity contribution in [1.82, 2.24) is 14.7 Å². The number of imidazole rings is 1. The van der Waals surface area contributed by atoms with Gasteiger partial charge in [0.25, 0.3) is 0 Å². The van der Waals surface area contributed by atoms with Gasteiger partial charge in [-0.3, -0.25) is 4.79 Å². The van der Waals surface area contributed by atoms with Crippen molar-refractivity contribution in [1.29, 1.82) is 0 Å². The average Bonchev–Trinajstić information content (AvgIpc) is 3.01. The van der Waals surface area contributed by atoms with E-state index in [-0.39, 0.29) is 5.91 Å². The molecule has 0 aliphatic heterocycles. The first-order valence-electron chi connectivity index (χ1n) is 8.27. The first-order valence-corrected chi connectivity index (χ1v) is 8.27. The second-order valence-electron chi connectivity index (χ2n) is 5.76. The van der Waals surface area contributed by atoms with Gasteiger partial charge in [0.2, 0.25) is 5.91 Å². The van der Waals surface area contributed by atoms with Crippen LogP contribution in [0.3, 0.4) is 0 Å². The lowest BCUT2D eigenvalue weighted by molar-refractivity contribution is -0.116. The van der Waals surface area contributed by atoms with E-state index in [0.29, 0.717) is 13.2 Å². The Morgan fingerprint density at radius 2 is 2.00 bits per heavy atom. The van der Waals surface area contributed by atoms with Crippen LogP contribution in [-0.4, -0.2) is 21.9 Å². The lowest BCUT2D eigenvalue weighted by Crippen LogP contribution is -2.20. The Kier molecular flexibility index (Phi) is 5.14. The smallest absolute Gasteiger partial charge is 0.244 e. The summed E-state index contributed by atoms with van der Waals surface area (Å²) in [5.41, 5.74) is 3.81. The van der Waals surface area contributed by atoms with Gasteiger partial charge in [-0.25, -0.2) is 4.98 Å². The van der Waals surface area contributed by atoms with Crippen molar-refractivity contribution in [2.75, 3.05) is 6.61 Å². The molecule has 0 radical (unpaired) electrons. The van der Waals surface area contributed by atoms with Gasteiger partial charge in [-0.2, -0.15) is 0 Å². The lowest BCUT2D eigenvalue weighted by atomic mass is 10.2. The van der Waals surface area contributed by atoms with Gasteiger partial charge in [0.1, 0.15) is 11.4 Å². The van der Waals surface area contributed by atoms with Gasteiger partial charge in [0.15, 0.2) is 0 Å². The number of pyridine rings is 1. The van der Waals surface area contributed by atoms with Crippen LogP contribution < -0.4 is 10.1 Å². The van der Waals surface area contributed by atoms with Crippen molar-refractivity contribution >= 4 is 17.6 Å². The fourth-order valence-electron chi connectivity index (χ4n) is 2.49. The molecule has 2 aromatic heterocycles. The molecule has 0 saturated heterocycles. The SMILES string of the molecule is CCOc1ccc(/C=C/C(=O)NCc2cn3cc(C)ccc3n2)cc1. The highest BCUT2D eigenvalue weighted by Gasteiger charge is 2.03. The summed E-state index contributed by atoms with van der Waals surface area (Å²) >= 11 is 0. The molecular formula is C20H21N3O2. The van der Waals surface area contributed by atoms with Crippen molar-refractivity contribution in [3.05, 3.63) is 71.7 Å². The fraction of sp³-hybridized carbons (Fsp3) is 0.200. The molecule has 0 atom stereocenters. The summed E-state index contributed by atoms with van der Waals surface area (Å²) in [6.07, 6.45) is 7.24. The Morgan fingerprint density at radius 1 is 1.20 bits per heavy atom. The van der Waals surface area contributed by atoms with Gasteiger partial charge in [0.05, 0.1) is 18.8 Å². The van der Waals surface area contributed by atoms with Crippen LogP contribution in [0, 0.1) is 6.92 Å². The first kappa shape index (κ1) is 16.8. The van der Waals surface area contributed by atoms with E-state index in [1.165, 1.54) is 11.6 Å². The normalized spacial score (nSPS) is 11.1. The minimum atomic E-state index is -0.151. The number of hydrogen-bond donors (Lipinski definition) is 1. The van der Waals surface area contributed by atoms with Gasteiger partial charge >= 0.3 is 0 Å². The Bertz CT molecular complexity index is 895. The van der Waals surface area contributed by atoms with Crippen LogP contribution in [-0.2, 0) is 11.3 Å². The molecule has 128 valence electrons. The summed E-state index contributed by atoms with van der Waals surface area (Å²) in [7, 11) is 0. The number of nitrogens with one attached hydrogen (secondary N) is 1. The van der Waals surface area contributed by atoms with Crippen molar-refractivity contribution in [2.24, 2.45) is 0 Å². The van der Waals surface area contributed by atoms with Crippen molar-refractivity contribution in [2.45, 2.75) is 20.4 Å². The zero-order valence-electron chi connectivity index (χ0n) is 14.4. The molecule has 1 aromatic carbocycles. The lowest BCUT2D eigenvalue weighted by Gasteiger charge is -2.02. The van der Waals surface area contributed by atoms with E-state index >= 15 is 0 Å². The summed E-state index contributed by atoms with van der Waals surface area (Å²) in [6.45, 7) is 5.02.